The van der Waals surface area contributed by atoms with Crippen molar-refractivity contribution in [3.8, 4) is 0 Å². The zero-order valence-electron chi connectivity index (χ0n) is 13.9. The van der Waals surface area contributed by atoms with Crippen LogP contribution in [0.5, 0.6) is 0 Å². The molecule has 1 atom stereocenters. The monoisotopic (exact) mass is 296 g/mol. The van der Waals surface area contributed by atoms with Crippen molar-refractivity contribution in [2.45, 2.75) is 39.7 Å². The average Bonchev–Trinajstić information content (AvgIpc) is 2.44. The minimum atomic E-state index is -0.303. The summed E-state index contributed by atoms with van der Waals surface area (Å²) in [6, 6.07) is 0. The number of morpholine rings is 1. The van der Waals surface area contributed by atoms with Crippen LogP contribution in [0.1, 0.15) is 33.6 Å². The third kappa shape index (κ3) is 9.80. The highest BCUT2D eigenvalue weighted by Crippen LogP contribution is 2.05. The molecule has 0 unspecified atom stereocenters. The molecule has 4 nitrogen and oxygen atoms in total. The molecule has 2 N–H and O–H groups in total. The maximum absolute atomic E-state index is 10.00. The van der Waals surface area contributed by atoms with Crippen molar-refractivity contribution in [1.82, 2.24) is 10.2 Å². The summed E-state index contributed by atoms with van der Waals surface area (Å²) in [5.41, 5.74) is 2.79. The van der Waals surface area contributed by atoms with Crippen LogP contribution >= 0.6 is 0 Å². The topological polar surface area (TPSA) is 44.7 Å². The van der Waals surface area contributed by atoms with Gasteiger partial charge in [-0.1, -0.05) is 23.3 Å². The molecule has 0 aliphatic carbocycles. The normalized spacial score (nSPS) is 18.6. The molecule has 0 bridgehead atoms. The summed E-state index contributed by atoms with van der Waals surface area (Å²) < 4.78 is 5.30. The maximum Gasteiger partial charge on any atom is 0.0791 e. The predicted molar refractivity (Wildman–Crippen MR) is 88.6 cm³/mol. The van der Waals surface area contributed by atoms with E-state index in [9.17, 15) is 5.11 Å². The second kappa shape index (κ2) is 11.0. The Morgan fingerprint density at radius 1 is 1.24 bits per heavy atom. The molecule has 1 aliphatic rings. The van der Waals surface area contributed by atoms with Gasteiger partial charge in [0, 0.05) is 32.7 Å². The van der Waals surface area contributed by atoms with Crippen molar-refractivity contribution in [3.05, 3.63) is 23.3 Å². The van der Waals surface area contributed by atoms with Gasteiger partial charge < -0.3 is 15.2 Å². The molecule has 1 saturated heterocycles. The maximum atomic E-state index is 10.00. The Balaban J connectivity index is 2.07. The van der Waals surface area contributed by atoms with Crippen LogP contribution in [0.2, 0.25) is 0 Å². The first-order chi connectivity index (χ1) is 10.1. The van der Waals surface area contributed by atoms with Crippen molar-refractivity contribution in [3.63, 3.8) is 0 Å². The van der Waals surface area contributed by atoms with Crippen LogP contribution in [0, 0.1) is 0 Å². The van der Waals surface area contributed by atoms with Gasteiger partial charge in [-0.05, 0) is 33.6 Å². The van der Waals surface area contributed by atoms with Crippen molar-refractivity contribution in [1.29, 1.82) is 0 Å². The first-order valence-electron chi connectivity index (χ1n) is 8.06. The van der Waals surface area contributed by atoms with E-state index in [1.165, 1.54) is 11.1 Å². The Kier molecular flexibility index (Phi) is 9.59. The van der Waals surface area contributed by atoms with Crippen LogP contribution in [0.25, 0.3) is 0 Å². The highest BCUT2D eigenvalue weighted by atomic mass is 16.5. The fraction of sp³-hybridized carbons (Fsp3) is 0.765. The lowest BCUT2D eigenvalue weighted by atomic mass is 10.1. The van der Waals surface area contributed by atoms with Crippen molar-refractivity contribution >= 4 is 0 Å². The van der Waals surface area contributed by atoms with Crippen LogP contribution < -0.4 is 5.32 Å². The first kappa shape index (κ1) is 18.4. The lowest BCUT2D eigenvalue weighted by Crippen LogP contribution is -2.43. The van der Waals surface area contributed by atoms with E-state index in [2.05, 4.69) is 43.1 Å². The van der Waals surface area contributed by atoms with E-state index in [-0.39, 0.29) is 6.10 Å². The summed E-state index contributed by atoms with van der Waals surface area (Å²) in [6.07, 6.45) is 6.42. The van der Waals surface area contributed by atoms with Gasteiger partial charge in [0.1, 0.15) is 0 Å². The molecule has 1 aliphatic heterocycles. The number of allylic oxidation sites excluding steroid dienone is 3. The third-order valence-electron chi connectivity index (χ3n) is 3.64. The highest BCUT2D eigenvalue weighted by Gasteiger charge is 2.14. The van der Waals surface area contributed by atoms with Gasteiger partial charge in [-0.3, -0.25) is 4.90 Å². The number of aliphatic hydroxyl groups excluding tert-OH is 1. The smallest absolute Gasteiger partial charge is 0.0791 e. The predicted octanol–water partition coefficient (Wildman–Crippen LogP) is 1.96. The number of hydrogen-bond acceptors (Lipinski definition) is 4. The number of rotatable bonds is 9. The lowest BCUT2D eigenvalue weighted by Gasteiger charge is -2.28. The Morgan fingerprint density at radius 3 is 2.62 bits per heavy atom. The number of nitrogens with one attached hydrogen (secondary N) is 1. The van der Waals surface area contributed by atoms with E-state index in [4.69, 9.17) is 4.74 Å². The van der Waals surface area contributed by atoms with Crippen molar-refractivity contribution < 1.29 is 9.84 Å². The minimum Gasteiger partial charge on any atom is -0.390 e. The Hall–Kier alpha value is -0.680. The quantitative estimate of drug-likeness (QED) is 0.504. The number of ether oxygens (including phenoxy) is 1. The molecule has 0 spiro atoms. The average molecular weight is 296 g/mol. The molecule has 0 aromatic rings. The molecular weight excluding hydrogens is 264 g/mol. The minimum absolute atomic E-state index is 0.303. The second-order valence-electron chi connectivity index (χ2n) is 6.10. The Bertz CT molecular complexity index is 330. The van der Waals surface area contributed by atoms with Crippen LogP contribution in [-0.4, -0.2) is 62.0 Å². The van der Waals surface area contributed by atoms with E-state index in [1.54, 1.807) is 0 Å². The third-order valence-corrected chi connectivity index (χ3v) is 3.64. The van der Waals surface area contributed by atoms with Crippen LogP contribution in [-0.2, 0) is 4.74 Å². The Labute approximate surface area is 129 Å². The van der Waals surface area contributed by atoms with E-state index in [0.29, 0.717) is 6.54 Å². The van der Waals surface area contributed by atoms with Crippen molar-refractivity contribution in [2.75, 3.05) is 45.9 Å². The number of β-amino-alcohol motifs (C(OH)–C–C–N with tert-alkyl or cyclic N) is 1. The van der Waals surface area contributed by atoms with E-state index >= 15 is 0 Å². The van der Waals surface area contributed by atoms with E-state index in [0.717, 1.165) is 52.2 Å². The van der Waals surface area contributed by atoms with Crippen molar-refractivity contribution in [2.24, 2.45) is 0 Å². The molecule has 0 aromatic heterocycles. The lowest BCUT2D eigenvalue weighted by molar-refractivity contribution is 0.0151. The molecule has 0 radical (unpaired) electrons. The molecule has 1 rings (SSSR count). The summed E-state index contributed by atoms with van der Waals surface area (Å²) in [6.45, 7) is 12.1. The molecule has 1 fully saturated rings. The fourth-order valence-corrected chi connectivity index (χ4v) is 2.33. The van der Waals surface area contributed by atoms with Crippen LogP contribution in [0.3, 0.4) is 0 Å². The second-order valence-corrected chi connectivity index (χ2v) is 6.10. The number of aliphatic hydroxyl groups is 1. The zero-order valence-corrected chi connectivity index (χ0v) is 13.9. The fourth-order valence-electron chi connectivity index (χ4n) is 2.33. The molecule has 122 valence electrons. The van der Waals surface area contributed by atoms with Gasteiger partial charge in [0.25, 0.3) is 0 Å². The van der Waals surface area contributed by atoms with E-state index in [1.807, 2.05) is 0 Å². The summed E-state index contributed by atoms with van der Waals surface area (Å²) in [4.78, 5) is 2.26. The molecule has 21 heavy (non-hydrogen) atoms. The van der Waals surface area contributed by atoms with Gasteiger partial charge in [0.05, 0.1) is 19.3 Å². The van der Waals surface area contributed by atoms with Gasteiger partial charge >= 0.3 is 0 Å². The zero-order chi connectivity index (χ0) is 15.5. The molecule has 0 aromatic carbocycles. The molecule has 1 heterocycles. The van der Waals surface area contributed by atoms with Crippen LogP contribution in [0.4, 0.5) is 0 Å². The van der Waals surface area contributed by atoms with Gasteiger partial charge in [-0.2, -0.15) is 0 Å². The number of hydrogen-bond donors (Lipinski definition) is 2. The summed E-state index contributed by atoms with van der Waals surface area (Å²) in [7, 11) is 0. The standard InChI is InChI=1S/C17H32N2O2/c1-15(2)5-4-6-16(3)7-8-18-13-17(20)14-19-9-11-21-12-10-19/h5,7,17-18,20H,4,6,8-14H2,1-3H3/b16-7+/t17-/m0/s1. The molecule has 0 saturated carbocycles. The summed E-state index contributed by atoms with van der Waals surface area (Å²) in [5, 5.41) is 13.3. The van der Waals surface area contributed by atoms with E-state index < -0.39 is 0 Å². The SMILES string of the molecule is CC(C)=CCC/C(C)=C/CNC[C@H](O)CN1CCOCC1. The van der Waals surface area contributed by atoms with Gasteiger partial charge in [-0.25, -0.2) is 0 Å². The van der Waals surface area contributed by atoms with Crippen LogP contribution in [0.15, 0.2) is 23.3 Å². The Morgan fingerprint density at radius 2 is 1.95 bits per heavy atom. The highest BCUT2D eigenvalue weighted by molar-refractivity contribution is 5.02. The molecular formula is C17H32N2O2. The number of nitrogens with zero attached hydrogens (tertiary/aromatic N) is 1. The summed E-state index contributed by atoms with van der Waals surface area (Å²) in [5.74, 6) is 0. The molecule has 4 heteroatoms. The van der Waals surface area contributed by atoms with Gasteiger partial charge in [0.2, 0.25) is 0 Å². The van der Waals surface area contributed by atoms with Gasteiger partial charge in [0.15, 0.2) is 0 Å². The molecule has 0 amide bonds. The largest absolute Gasteiger partial charge is 0.390 e. The first-order valence-corrected chi connectivity index (χ1v) is 8.06. The van der Waals surface area contributed by atoms with Gasteiger partial charge in [-0.15, -0.1) is 0 Å². The summed E-state index contributed by atoms with van der Waals surface area (Å²) >= 11 is 0.